The Hall–Kier alpha value is -1.87. The third kappa shape index (κ3) is 2.99. The first kappa shape index (κ1) is 13.1. The first-order valence-electron chi connectivity index (χ1n) is 7.29. The number of aromatic nitrogens is 1. The zero-order valence-electron chi connectivity index (χ0n) is 11.9. The Morgan fingerprint density at radius 3 is 2.90 bits per heavy atom. The number of benzene rings is 1. The minimum Gasteiger partial charge on any atom is -0.456 e. The van der Waals surface area contributed by atoms with Gasteiger partial charge in [-0.2, -0.15) is 0 Å². The Morgan fingerprint density at radius 1 is 1.10 bits per heavy atom. The van der Waals surface area contributed by atoms with E-state index in [-0.39, 0.29) is 0 Å². The maximum atomic E-state index is 5.93. The van der Waals surface area contributed by atoms with Crippen LogP contribution in [-0.2, 0) is 19.4 Å². The number of hydrogen-bond donors (Lipinski definition) is 1. The van der Waals surface area contributed by atoms with Crippen LogP contribution in [0.4, 0.5) is 0 Å². The summed E-state index contributed by atoms with van der Waals surface area (Å²) in [4.78, 5) is 4.24. The highest BCUT2D eigenvalue weighted by molar-refractivity contribution is 5.40. The number of fused-ring (bicyclic) bond motifs is 1. The van der Waals surface area contributed by atoms with Gasteiger partial charge in [0.2, 0.25) is 0 Å². The van der Waals surface area contributed by atoms with Gasteiger partial charge < -0.3 is 10.1 Å². The van der Waals surface area contributed by atoms with Gasteiger partial charge in [-0.05, 0) is 60.7 Å². The summed E-state index contributed by atoms with van der Waals surface area (Å²) >= 11 is 0. The van der Waals surface area contributed by atoms with Gasteiger partial charge in [-0.15, -0.1) is 0 Å². The average Bonchev–Trinajstić information content (AvgIpc) is 2.93. The van der Waals surface area contributed by atoms with Gasteiger partial charge in [-0.3, -0.25) is 4.98 Å². The second-order valence-corrected chi connectivity index (χ2v) is 5.20. The monoisotopic (exact) mass is 268 g/mol. The van der Waals surface area contributed by atoms with Crippen LogP contribution < -0.4 is 10.1 Å². The standard InChI is InChI=1S/C17H20N2O/c1-2-18-10-13-8-17(12-19-11-13)20-16-7-6-14-4-3-5-15(14)9-16/h6-9,11-12,18H,2-5,10H2,1H3. The smallest absolute Gasteiger partial charge is 0.146 e. The van der Waals surface area contributed by atoms with Gasteiger partial charge in [0, 0.05) is 12.7 Å². The first-order valence-corrected chi connectivity index (χ1v) is 7.29. The molecule has 0 saturated heterocycles. The molecule has 1 aromatic heterocycles. The van der Waals surface area contributed by atoms with E-state index in [1.807, 2.05) is 12.3 Å². The molecule has 0 amide bonds. The van der Waals surface area contributed by atoms with Crippen molar-refractivity contribution in [3.8, 4) is 11.5 Å². The van der Waals surface area contributed by atoms with Crippen molar-refractivity contribution in [2.75, 3.05) is 6.54 Å². The number of aryl methyl sites for hydroxylation is 2. The molecule has 0 bridgehead atoms. The van der Waals surface area contributed by atoms with Crippen molar-refractivity contribution in [3.05, 3.63) is 53.3 Å². The highest BCUT2D eigenvalue weighted by atomic mass is 16.5. The van der Waals surface area contributed by atoms with Crippen LogP contribution in [0.25, 0.3) is 0 Å². The summed E-state index contributed by atoms with van der Waals surface area (Å²) in [6.45, 7) is 3.87. The van der Waals surface area contributed by atoms with Crippen LogP contribution in [0.2, 0.25) is 0 Å². The average molecular weight is 268 g/mol. The summed E-state index contributed by atoms with van der Waals surface area (Å²) in [5, 5.41) is 3.29. The van der Waals surface area contributed by atoms with E-state index in [0.29, 0.717) is 0 Å². The molecule has 104 valence electrons. The fourth-order valence-corrected chi connectivity index (χ4v) is 2.63. The van der Waals surface area contributed by atoms with Crippen molar-refractivity contribution in [3.63, 3.8) is 0 Å². The number of ether oxygens (including phenoxy) is 1. The van der Waals surface area contributed by atoms with Crippen LogP contribution >= 0.6 is 0 Å². The molecule has 1 N–H and O–H groups in total. The molecular weight excluding hydrogens is 248 g/mol. The Kier molecular flexibility index (Phi) is 3.97. The van der Waals surface area contributed by atoms with Crippen molar-refractivity contribution in [2.45, 2.75) is 32.7 Å². The van der Waals surface area contributed by atoms with Crippen molar-refractivity contribution in [2.24, 2.45) is 0 Å². The molecule has 1 heterocycles. The molecule has 0 atom stereocenters. The lowest BCUT2D eigenvalue weighted by Crippen LogP contribution is -2.11. The van der Waals surface area contributed by atoms with Gasteiger partial charge in [-0.1, -0.05) is 13.0 Å². The van der Waals surface area contributed by atoms with Crippen LogP contribution in [0.1, 0.15) is 30.0 Å². The number of rotatable bonds is 5. The molecule has 0 unspecified atom stereocenters. The molecule has 3 heteroatoms. The molecule has 0 radical (unpaired) electrons. The summed E-state index contributed by atoms with van der Waals surface area (Å²) in [6.07, 6.45) is 7.28. The van der Waals surface area contributed by atoms with E-state index >= 15 is 0 Å². The summed E-state index contributed by atoms with van der Waals surface area (Å²) in [6, 6.07) is 8.46. The summed E-state index contributed by atoms with van der Waals surface area (Å²) in [5.74, 6) is 1.71. The number of nitrogens with zero attached hydrogens (tertiary/aromatic N) is 1. The third-order valence-electron chi connectivity index (χ3n) is 3.65. The van der Waals surface area contributed by atoms with Gasteiger partial charge in [0.15, 0.2) is 0 Å². The third-order valence-corrected chi connectivity index (χ3v) is 3.65. The van der Waals surface area contributed by atoms with Gasteiger partial charge in [-0.25, -0.2) is 0 Å². The summed E-state index contributed by atoms with van der Waals surface area (Å²) in [5.41, 5.74) is 4.04. The fraction of sp³-hybridized carbons (Fsp3) is 0.353. The van der Waals surface area contributed by atoms with Crippen LogP contribution in [0.3, 0.4) is 0 Å². The second kappa shape index (κ2) is 6.06. The Balaban J connectivity index is 1.74. The van der Waals surface area contributed by atoms with E-state index in [1.54, 1.807) is 6.20 Å². The van der Waals surface area contributed by atoms with E-state index in [2.05, 4.69) is 35.4 Å². The topological polar surface area (TPSA) is 34.2 Å². The van der Waals surface area contributed by atoms with Crippen LogP contribution in [0.5, 0.6) is 11.5 Å². The lowest BCUT2D eigenvalue weighted by molar-refractivity contribution is 0.478. The molecule has 1 aliphatic rings. The Bertz CT molecular complexity index is 595. The molecule has 2 aromatic rings. The molecule has 0 saturated carbocycles. The molecule has 0 spiro atoms. The number of hydrogen-bond acceptors (Lipinski definition) is 3. The predicted molar refractivity (Wildman–Crippen MR) is 80.2 cm³/mol. The maximum Gasteiger partial charge on any atom is 0.146 e. The van der Waals surface area contributed by atoms with Crippen molar-refractivity contribution in [1.29, 1.82) is 0 Å². The van der Waals surface area contributed by atoms with Gasteiger partial charge in [0.25, 0.3) is 0 Å². The summed E-state index contributed by atoms with van der Waals surface area (Å²) < 4.78 is 5.93. The van der Waals surface area contributed by atoms with Crippen LogP contribution in [0, 0.1) is 0 Å². The highest BCUT2D eigenvalue weighted by Gasteiger charge is 2.11. The summed E-state index contributed by atoms with van der Waals surface area (Å²) in [7, 11) is 0. The SMILES string of the molecule is CCNCc1cncc(Oc2ccc3c(c2)CCC3)c1. The van der Waals surface area contributed by atoms with Crippen LogP contribution in [0.15, 0.2) is 36.7 Å². The number of nitrogens with one attached hydrogen (secondary N) is 1. The normalized spacial score (nSPS) is 13.2. The minimum absolute atomic E-state index is 0.804. The molecule has 0 aliphatic heterocycles. The second-order valence-electron chi connectivity index (χ2n) is 5.20. The van der Waals surface area contributed by atoms with E-state index in [4.69, 9.17) is 4.74 Å². The van der Waals surface area contributed by atoms with E-state index in [9.17, 15) is 0 Å². The Labute approximate surface area is 120 Å². The molecule has 20 heavy (non-hydrogen) atoms. The lowest BCUT2D eigenvalue weighted by atomic mass is 10.1. The van der Waals surface area contributed by atoms with Gasteiger partial charge in [0.05, 0.1) is 6.20 Å². The van der Waals surface area contributed by atoms with Crippen LogP contribution in [-0.4, -0.2) is 11.5 Å². The largest absolute Gasteiger partial charge is 0.456 e. The molecule has 3 nitrogen and oxygen atoms in total. The van der Waals surface area contributed by atoms with Crippen molar-refractivity contribution < 1.29 is 4.74 Å². The molecule has 0 fully saturated rings. The molecule has 3 rings (SSSR count). The molecule has 1 aliphatic carbocycles. The highest BCUT2D eigenvalue weighted by Crippen LogP contribution is 2.28. The molecular formula is C17H20N2O. The zero-order chi connectivity index (χ0) is 13.8. The van der Waals surface area contributed by atoms with E-state index in [1.165, 1.54) is 30.4 Å². The quantitative estimate of drug-likeness (QED) is 0.901. The zero-order valence-corrected chi connectivity index (χ0v) is 11.9. The fourth-order valence-electron chi connectivity index (χ4n) is 2.63. The number of pyridine rings is 1. The van der Waals surface area contributed by atoms with E-state index < -0.39 is 0 Å². The van der Waals surface area contributed by atoms with Crippen molar-refractivity contribution in [1.82, 2.24) is 10.3 Å². The Morgan fingerprint density at radius 2 is 2.00 bits per heavy atom. The molecule has 1 aromatic carbocycles. The predicted octanol–water partition coefficient (Wildman–Crippen LogP) is 3.47. The van der Waals surface area contributed by atoms with Gasteiger partial charge >= 0.3 is 0 Å². The maximum absolute atomic E-state index is 5.93. The minimum atomic E-state index is 0.804. The van der Waals surface area contributed by atoms with E-state index in [0.717, 1.165) is 30.2 Å². The first-order chi connectivity index (χ1) is 9.85. The van der Waals surface area contributed by atoms with Gasteiger partial charge in [0.1, 0.15) is 11.5 Å². The lowest BCUT2D eigenvalue weighted by Gasteiger charge is -2.09. The van der Waals surface area contributed by atoms with Crippen molar-refractivity contribution >= 4 is 0 Å².